The first kappa shape index (κ1) is 20.1. The fraction of sp³-hybridized carbons (Fsp3) is 0.0968. The van der Waals surface area contributed by atoms with Crippen molar-refractivity contribution >= 4 is 33.7 Å². The van der Waals surface area contributed by atoms with Crippen LogP contribution < -0.4 is 5.32 Å². The summed E-state index contributed by atoms with van der Waals surface area (Å²) in [7, 11) is 0. The van der Waals surface area contributed by atoms with Crippen LogP contribution in [0, 0.1) is 0 Å². The molecule has 2 heteroatoms. The van der Waals surface area contributed by atoms with Gasteiger partial charge in [-0.25, -0.2) is 0 Å². The van der Waals surface area contributed by atoms with Crippen LogP contribution in [0.25, 0.3) is 33.0 Å². The van der Waals surface area contributed by atoms with Crippen molar-refractivity contribution < 1.29 is 0 Å². The van der Waals surface area contributed by atoms with Gasteiger partial charge in [0.2, 0.25) is 0 Å². The number of nitrogens with one attached hydrogen (secondary N) is 1. The summed E-state index contributed by atoms with van der Waals surface area (Å²) >= 11 is 6.68. The van der Waals surface area contributed by atoms with Crippen LogP contribution in [-0.4, -0.2) is 0 Å². The second kappa shape index (κ2) is 7.50. The highest BCUT2D eigenvalue weighted by atomic mass is 35.5. The number of benzene rings is 5. The maximum Gasteiger partial charge on any atom is 0.0647 e. The number of rotatable bonds is 3. The zero-order valence-electron chi connectivity index (χ0n) is 18.7. The molecule has 0 heterocycles. The van der Waals surface area contributed by atoms with Gasteiger partial charge in [0.25, 0.3) is 0 Å². The van der Waals surface area contributed by atoms with Gasteiger partial charge in [0.1, 0.15) is 0 Å². The van der Waals surface area contributed by atoms with Crippen molar-refractivity contribution in [1.29, 1.82) is 0 Å². The highest BCUT2D eigenvalue weighted by Gasteiger charge is 2.36. The molecule has 0 aliphatic heterocycles. The minimum absolute atomic E-state index is 0.0792. The molecule has 0 spiro atoms. The molecule has 6 rings (SSSR count). The summed E-state index contributed by atoms with van der Waals surface area (Å²) in [5.74, 6) is 0. The average molecular weight is 446 g/mol. The lowest BCUT2D eigenvalue weighted by molar-refractivity contribution is 0.666. The molecule has 0 aromatic heterocycles. The number of fused-ring (bicyclic) bond motifs is 5. The molecular formula is C31H24ClN. The lowest BCUT2D eigenvalue weighted by Crippen LogP contribution is -2.15. The third-order valence-electron chi connectivity index (χ3n) is 6.89. The minimum Gasteiger partial charge on any atom is -0.354 e. The number of hydrogen-bond acceptors (Lipinski definition) is 1. The number of hydrogen-bond donors (Lipinski definition) is 1. The quantitative estimate of drug-likeness (QED) is 0.292. The van der Waals surface area contributed by atoms with Crippen LogP contribution in [0.15, 0.2) is 103 Å². The van der Waals surface area contributed by atoms with Gasteiger partial charge in [0, 0.05) is 11.1 Å². The Morgan fingerprint density at radius 1 is 0.667 bits per heavy atom. The molecule has 1 aliphatic carbocycles. The maximum absolute atomic E-state index is 6.68. The van der Waals surface area contributed by atoms with E-state index in [2.05, 4.69) is 98.0 Å². The zero-order chi connectivity index (χ0) is 22.6. The van der Waals surface area contributed by atoms with E-state index < -0.39 is 0 Å². The second-order valence-corrected chi connectivity index (χ2v) is 9.69. The topological polar surface area (TPSA) is 12.0 Å². The molecular weight excluding hydrogens is 422 g/mol. The summed E-state index contributed by atoms with van der Waals surface area (Å²) in [6.45, 7) is 4.66. The molecule has 1 nitrogen and oxygen atoms in total. The Balaban J connectivity index is 1.37. The Morgan fingerprint density at radius 2 is 1.42 bits per heavy atom. The average Bonchev–Trinajstić information content (AvgIpc) is 3.07. The van der Waals surface area contributed by atoms with Gasteiger partial charge < -0.3 is 5.32 Å². The van der Waals surface area contributed by atoms with Crippen LogP contribution >= 0.6 is 11.6 Å². The molecule has 0 unspecified atom stereocenters. The minimum atomic E-state index is -0.0792. The summed E-state index contributed by atoms with van der Waals surface area (Å²) in [5.41, 5.74) is 9.57. The summed E-state index contributed by atoms with van der Waals surface area (Å²) in [5, 5.41) is 6.89. The molecule has 0 saturated heterocycles. The molecule has 0 fully saturated rings. The van der Waals surface area contributed by atoms with Gasteiger partial charge in [-0.05, 0) is 68.4 Å². The van der Waals surface area contributed by atoms with Gasteiger partial charge in [-0.15, -0.1) is 0 Å². The molecule has 33 heavy (non-hydrogen) atoms. The first-order valence-electron chi connectivity index (χ1n) is 11.3. The first-order chi connectivity index (χ1) is 16.0. The van der Waals surface area contributed by atoms with Crippen LogP contribution in [0.5, 0.6) is 0 Å². The molecule has 5 aromatic carbocycles. The third kappa shape index (κ3) is 3.23. The lowest BCUT2D eigenvalue weighted by atomic mass is 9.80. The predicted octanol–water partition coefficient (Wildman–Crippen LogP) is 9.21. The molecule has 0 amide bonds. The summed E-state index contributed by atoms with van der Waals surface area (Å²) in [4.78, 5) is 0. The Bertz CT molecular complexity index is 1520. The fourth-order valence-corrected chi connectivity index (χ4v) is 5.49. The van der Waals surface area contributed by atoms with Crippen molar-refractivity contribution in [1.82, 2.24) is 0 Å². The van der Waals surface area contributed by atoms with Crippen molar-refractivity contribution in [3.8, 4) is 22.3 Å². The monoisotopic (exact) mass is 445 g/mol. The Morgan fingerprint density at radius 3 is 2.24 bits per heavy atom. The van der Waals surface area contributed by atoms with E-state index in [1.807, 2.05) is 24.3 Å². The van der Waals surface area contributed by atoms with Crippen molar-refractivity contribution in [2.24, 2.45) is 0 Å². The van der Waals surface area contributed by atoms with E-state index >= 15 is 0 Å². The fourth-order valence-electron chi connectivity index (χ4n) is 5.26. The number of anilines is 2. The Kier molecular flexibility index (Phi) is 4.57. The van der Waals surface area contributed by atoms with Crippen LogP contribution in [-0.2, 0) is 5.41 Å². The third-order valence-corrected chi connectivity index (χ3v) is 7.21. The van der Waals surface area contributed by atoms with Crippen molar-refractivity contribution in [3.63, 3.8) is 0 Å². The van der Waals surface area contributed by atoms with Gasteiger partial charge in [-0.3, -0.25) is 0 Å². The number of halogens is 1. The van der Waals surface area contributed by atoms with E-state index in [1.165, 1.54) is 33.0 Å². The molecule has 0 atom stereocenters. The van der Waals surface area contributed by atoms with Gasteiger partial charge in [0.05, 0.1) is 10.7 Å². The van der Waals surface area contributed by atoms with E-state index in [4.69, 9.17) is 11.6 Å². The van der Waals surface area contributed by atoms with Crippen LogP contribution in [0.2, 0.25) is 5.02 Å². The van der Waals surface area contributed by atoms with Gasteiger partial charge >= 0.3 is 0 Å². The zero-order valence-corrected chi connectivity index (χ0v) is 19.4. The molecule has 0 bridgehead atoms. The van der Waals surface area contributed by atoms with E-state index in [-0.39, 0.29) is 5.41 Å². The molecule has 1 N–H and O–H groups in total. The molecule has 160 valence electrons. The largest absolute Gasteiger partial charge is 0.354 e. The van der Waals surface area contributed by atoms with Crippen molar-refractivity contribution in [2.45, 2.75) is 19.3 Å². The smallest absolute Gasteiger partial charge is 0.0647 e. The predicted molar refractivity (Wildman–Crippen MR) is 142 cm³/mol. The summed E-state index contributed by atoms with van der Waals surface area (Å²) < 4.78 is 0. The van der Waals surface area contributed by atoms with Crippen molar-refractivity contribution in [2.75, 3.05) is 5.32 Å². The van der Waals surface area contributed by atoms with E-state index in [9.17, 15) is 0 Å². The summed E-state index contributed by atoms with van der Waals surface area (Å²) in [6, 6.07) is 36.4. The van der Waals surface area contributed by atoms with Crippen LogP contribution in [0.3, 0.4) is 0 Å². The highest BCUT2D eigenvalue weighted by molar-refractivity contribution is 6.33. The lowest BCUT2D eigenvalue weighted by Gasteiger charge is -2.23. The second-order valence-electron chi connectivity index (χ2n) is 9.28. The first-order valence-corrected chi connectivity index (χ1v) is 11.7. The Hall–Kier alpha value is -3.55. The Labute approximate surface area is 199 Å². The van der Waals surface area contributed by atoms with Gasteiger partial charge in [0.15, 0.2) is 0 Å². The molecule has 0 radical (unpaired) electrons. The summed E-state index contributed by atoms with van der Waals surface area (Å²) in [6.07, 6.45) is 0. The molecule has 0 saturated carbocycles. The van der Waals surface area contributed by atoms with Crippen LogP contribution in [0.4, 0.5) is 11.4 Å². The maximum atomic E-state index is 6.68. The van der Waals surface area contributed by atoms with E-state index in [0.717, 1.165) is 22.5 Å². The van der Waals surface area contributed by atoms with E-state index in [1.54, 1.807) is 0 Å². The van der Waals surface area contributed by atoms with Gasteiger partial charge in [-0.1, -0.05) is 104 Å². The molecule has 1 aliphatic rings. The van der Waals surface area contributed by atoms with Crippen molar-refractivity contribution in [3.05, 3.63) is 119 Å². The van der Waals surface area contributed by atoms with Crippen LogP contribution in [0.1, 0.15) is 25.0 Å². The molecule has 5 aromatic rings. The SMILES string of the molecule is CC1(C)c2cc(Nc3ccc(-c4ccccc4)cc3Cl)ccc2-c2ccc3ccccc3c21. The highest BCUT2D eigenvalue weighted by Crippen LogP contribution is 2.52. The van der Waals surface area contributed by atoms with Gasteiger partial charge in [-0.2, -0.15) is 0 Å². The normalized spacial score (nSPS) is 13.5. The van der Waals surface area contributed by atoms with E-state index in [0.29, 0.717) is 5.02 Å². The standard InChI is InChI=1S/C31H24ClN/c1-31(2)27-19-23(33-29-17-13-22(18-28(29)32)20-8-4-3-5-9-20)14-16-25(27)26-15-12-21-10-6-7-11-24(21)30(26)31/h3-19,33H,1-2H3.